The molecule has 2 N–H and O–H groups in total. The molecular weight excluding hydrogens is 433 g/mol. The van der Waals surface area contributed by atoms with Gasteiger partial charge in [0, 0.05) is 55.3 Å². The molecule has 34 heavy (non-hydrogen) atoms. The molecule has 0 atom stereocenters. The third-order valence-electron chi connectivity index (χ3n) is 6.14. The quantitative estimate of drug-likeness (QED) is 0.481. The zero-order valence-corrected chi connectivity index (χ0v) is 18.7. The Bertz CT molecular complexity index is 1320. The molecule has 0 saturated carbocycles. The number of H-pyrrole nitrogens is 1. The summed E-state index contributed by atoms with van der Waals surface area (Å²) in [5, 5.41) is 3.30. The Balaban J connectivity index is 1.25. The van der Waals surface area contributed by atoms with Gasteiger partial charge in [-0.05, 0) is 55.0 Å². The van der Waals surface area contributed by atoms with Crippen molar-refractivity contribution >= 4 is 34.1 Å². The maximum absolute atomic E-state index is 14.1. The second kappa shape index (κ2) is 8.97. The number of aryl methyl sites for hydroxylation is 1. The largest absolute Gasteiger partial charge is 0.368 e. The van der Waals surface area contributed by atoms with Crippen LogP contribution < -0.4 is 10.2 Å². The van der Waals surface area contributed by atoms with E-state index in [0.29, 0.717) is 54.0 Å². The highest BCUT2D eigenvalue weighted by Crippen LogP contribution is 2.25. The summed E-state index contributed by atoms with van der Waals surface area (Å²) in [5.41, 5.74) is 4.00. The number of pyridine rings is 1. The number of aromatic nitrogens is 2. The van der Waals surface area contributed by atoms with E-state index in [4.69, 9.17) is 0 Å². The number of hydrogen-bond acceptors (Lipinski definition) is 4. The fraction of sp³-hybridized carbons (Fsp3) is 0.192. The molecule has 172 valence electrons. The highest BCUT2D eigenvalue weighted by molar-refractivity contribution is 6.06. The van der Waals surface area contributed by atoms with Gasteiger partial charge >= 0.3 is 0 Å². The third-order valence-corrected chi connectivity index (χ3v) is 6.14. The molecule has 8 heteroatoms. The maximum atomic E-state index is 14.1. The lowest BCUT2D eigenvalue weighted by atomic mass is 10.1. The van der Waals surface area contributed by atoms with Crippen LogP contribution in [0.15, 0.2) is 67.0 Å². The summed E-state index contributed by atoms with van der Waals surface area (Å²) in [6.07, 6.45) is 3.24. The predicted molar refractivity (Wildman–Crippen MR) is 130 cm³/mol. The molecule has 5 rings (SSSR count). The van der Waals surface area contributed by atoms with Crippen LogP contribution in [0.25, 0.3) is 10.9 Å². The number of rotatable bonds is 4. The van der Waals surface area contributed by atoms with Gasteiger partial charge in [-0.15, -0.1) is 0 Å². The lowest BCUT2D eigenvalue weighted by molar-refractivity contribution is 0.0746. The zero-order valence-electron chi connectivity index (χ0n) is 18.7. The molecule has 3 heterocycles. The van der Waals surface area contributed by atoms with E-state index in [9.17, 15) is 14.0 Å². The lowest BCUT2D eigenvalue weighted by Crippen LogP contribution is -2.48. The van der Waals surface area contributed by atoms with E-state index >= 15 is 0 Å². The molecule has 0 bridgehead atoms. The summed E-state index contributed by atoms with van der Waals surface area (Å²) in [4.78, 5) is 36.5. The molecule has 0 radical (unpaired) electrons. The van der Waals surface area contributed by atoms with E-state index < -0.39 is 0 Å². The van der Waals surface area contributed by atoms with Gasteiger partial charge in [0.15, 0.2) is 0 Å². The number of piperazine rings is 1. The van der Waals surface area contributed by atoms with Crippen molar-refractivity contribution in [2.24, 2.45) is 0 Å². The number of aromatic amines is 1. The molecule has 1 fully saturated rings. The van der Waals surface area contributed by atoms with Crippen molar-refractivity contribution in [3.8, 4) is 0 Å². The van der Waals surface area contributed by atoms with Crippen molar-refractivity contribution < 1.29 is 14.0 Å². The van der Waals surface area contributed by atoms with Crippen LogP contribution in [0.5, 0.6) is 0 Å². The molecule has 2 aromatic heterocycles. The Morgan fingerprint density at radius 1 is 1.03 bits per heavy atom. The fourth-order valence-electron chi connectivity index (χ4n) is 4.27. The first-order valence-electron chi connectivity index (χ1n) is 11.1. The minimum atomic E-state index is -0.362. The fourth-order valence-corrected chi connectivity index (χ4v) is 4.27. The molecule has 2 aromatic carbocycles. The van der Waals surface area contributed by atoms with E-state index in [0.717, 1.165) is 11.3 Å². The number of nitrogens with one attached hydrogen (secondary N) is 2. The molecule has 0 unspecified atom stereocenters. The van der Waals surface area contributed by atoms with Crippen molar-refractivity contribution in [3.63, 3.8) is 0 Å². The smallest absolute Gasteiger partial charge is 0.272 e. The van der Waals surface area contributed by atoms with Crippen molar-refractivity contribution in [1.29, 1.82) is 0 Å². The van der Waals surface area contributed by atoms with Crippen molar-refractivity contribution in [2.45, 2.75) is 6.92 Å². The Labute approximate surface area is 196 Å². The van der Waals surface area contributed by atoms with Crippen LogP contribution >= 0.6 is 0 Å². The number of nitrogens with zero attached hydrogens (tertiary/aromatic N) is 3. The van der Waals surface area contributed by atoms with Crippen LogP contribution in [0.2, 0.25) is 0 Å². The molecule has 0 spiro atoms. The van der Waals surface area contributed by atoms with E-state index in [1.54, 1.807) is 30.6 Å². The van der Waals surface area contributed by atoms with E-state index in [2.05, 4.69) is 20.2 Å². The van der Waals surface area contributed by atoms with Gasteiger partial charge in [0.05, 0.1) is 11.1 Å². The summed E-state index contributed by atoms with van der Waals surface area (Å²) in [6.45, 7) is 4.44. The normalized spacial score (nSPS) is 13.8. The third kappa shape index (κ3) is 4.22. The number of anilines is 2. The standard InChI is InChI=1S/C26H24FN5O2/c1-17-7-8-22(27)21-15-23(30-24(17)21)25(33)29-19-5-2-6-20(14-19)31-10-12-32(13-11-31)26(34)18-4-3-9-28-16-18/h2-9,14-16,30H,10-13H2,1H3,(H,29,33). The van der Waals surface area contributed by atoms with Gasteiger partial charge in [0.25, 0.3) is 11.8 Å². The summed E-state index contributed by atoms with van der Waals surface area (Å²) in [5.74, 6) is -0.711. The number of halogens is 1. The summed E-state index contributed by atoms with van der Waals surface area (Å²) >= 11 is 0. The van der Waals surface area contributed by atoms with Gasteiger partial charge in [0.2, 0.25) is 0 Å². The van der Waals surface area contributed by atoms with Gasteiger partial charge < -0.3 is 20.1 Å². The van der Waals surface area contributed by atoms with Crippen LogP contribution in [-0.2, 0) is 0 Å². The second-order valence-electron chi connectivity index (χ2n) is 8.36. The number of carbonyl (C=O) groups excluding carboxylic acids is 2. The molecule has 7 nitrogen and oxygen atoms in total. The minimum absolute atomic E-state index is 0.0150. The van der Waals surface area contributed by atoms with E-state index in [-0.39, 0.29) is 17.6 Å². The topological polar surface area (TPSA) is 81.3 Å². The highest BCUT2D eigenvalue weighted by atomic mass is 19.1. The second-order valence-corrected chi connectivity index (χ2v) is 8.36. The van der Waals surface area contributed by atoms with E-state index in [1.807, 2.05) is 36.1 Å². The van der Waals surface area contributed by atoms with Gasteiger partial charge in [-0.2, -0.15) is 0 Å². The molecule has 1 aliphatic rings. The first-order chi connectivity index (χ1) is 16.5. The summed E-state index contributed by atoms with van der Waals surface area (Å²) in [7, 11) is 0. The summed E-state index contributed by atoms with van der Waals surface area (Å²) < 4.78 is 14.1. The van der Waals surface area contributed by atoms with Gasteiger partial charge in [0.1, 0.15) is 11.5 Å². The van der Waals surface area contributed by atoms with Crippen LogP contribution in [-0.4, -0.2) is 52.9 Å². The minimum Gasteiger partial charge on any atom is -0.368 e. The average molecular weight is 458 g/mol. The first-order valence-corrected chi connectivity index (χ1v) is 11.1. The number of amides is 2. The van der Waals surface area contributed by atoms with E-state index in [1.165, 1.54) is 12.1 Å². The van der Waals surface area contributed by atoms with Crippen molar-refractivity contribution in [2.75, 3.05) is 36.4 Å². The average Bonchev–Trinajstić information content (AvgIpc) is 3.34. The number of benzene rings is 2. The first kappa shape index (κ1) is 21.6. The van der Waals surface area contributed by atoms with Crippen molar-refractivity contribution in [1.82, 2.24) is 14.9 Å². The summed E-state index contributed by atoms with van der Waals surface area (Å²) in [6, 6.07) is 15.7. The maximum Gasteiger partial charge on any atom is 0.272 e. The van der Waals surface area contributed by atoms with Gasteiger partial charge in [-0.1, -0.05) is 12.1 Å². The predicted octanol–water partition coefficient (Wildman–Crippen LogP) is 4.23. The molecule has 1 saturated heterocycles. The van der Waals surface area contributed by atoms with Crippen LogP contribution in [0.1, 0.15) is 26.4 Å². The number of hydrogen-bond donors (Lipinski definition) is 2. The Morgan fingerprint density at radius 3 is 2.59 bits per heavy atom. The SMILES string of the molecule is Cc1ccc(F)c2cc(C(=O)Nc3cccc(N4CCN(C(=O)c5cccnc5)CC4)c3)[nH]c12. The Kier molecular flexibility index (Phi) is 5.71. The van der Waals surface area contributed by atoms with Crippen LogP contribution in [0.4, 0.5) is 15.8 Å². The number of carbonyl (C=O) groups is 2. The molecular formula is C26H24FN5O2. The number of fused-ring (bicyclic) bond motifs is 1. The molecule has 0 aliphatic carbocycles. The molecule has 2 amide bonds. The molecule has 1 aliphatic heterocycles. The van der Waals surface area contributed by atoms with Crippen molar-refractivity contribution in [3.05, 3.63) is 89.6 Å². The Hall–Kier alpha value is -4.20. The zero-order chi connectivity index (χ0) is 23.7. The lowest BCUT2D eigenvalue weighted by Gasteiger charge is -2.36. The molecule has 4 aromatic rings. The Morgan fingerprint density at radius 2 is 1.85 bits per heavy atom. The monoisotopic (exact) mass is 457 g/mol. The van der Waals surface area contributed by atoms with Crippen LogP contribution in [0, 0.1) is 12.7 Å². The highest BCUT2D eigenvalue weighted by Gasteiger charge is 2.23. The van der Waals surface area contributed by atoms with Gasteiger partial charge in [-0.3, -0.25) is 14.6 Å². The van der Waals surface area contributed by atoms with Gasteiger partial charge in [-0.25, -0.2) is 4.39 Å². The van der Waals surface area contributed by atoms with Crippen LogP contribution in [0.3, 0.4) is 0 Å².